The van der Waals surface area contributed by atoms with Crippen molar-refractivity contribution in [3.05, 3.63) is 10.4 Å². The van der Waals surface area contributed by atoms with Gasteiger partial charge in [-0.15, -0.1) is 23.1 Å². The number of thiazole rings is 1. The van der Waals surface area contributed by atoms with E-state index in [4.69, 9.17) is 5.73 Å². The molecule has 0 bridgehead atoms. The zero-order valence-electron chi connectivity index (χ0n) is 7.40. The predicted molar refractivity (Wildman–Crippen MR) is 63.6 cm³/mol. The Bertz CT molecular complexity index is 287. The highest BCUT2D eigenvalue weighted by atomic mass is 32.2. The normalized spacial score (nSPS) is 29.0. The topological polar surface area (TPSA) is 38.9 Å². The molecule has 13 heavy (non-hydrogen) atoms. The molecular weight excluding hydrogens is 220 g/mol. The number of nitrogen functional groups attached to an aromatic ring is 1. The molecule has 1 aromatic rings. The highest BCUT2D eigenvalue weighted by Gasteiger charge is 2.26. The summed E-state index contributed by atoms with van der Waals surface area (Å²) in [6.45, 7) is 2.28. The quantitative estimate of drug-likeness (QED) is 0.808. The van der Waals surface area contributed by atoms with E-state index in [1.807, 2.05) is 28.9 Å². The van der Waals surface area contributed by atoms with E-state index >= 15 is 0 Å². The molecule has 1 aliphatic heterocycles. The van der Waals surface area contributed by atoms with Crippen LogP contribution in [0.2, 0.25) is 0 Å². The zero-order chi connectivity index (χ0) is 9.26. The second kappa shape index (κ2) is 4.11. The summed E-state index contributed by atoms with van der Waals surface area (Å²) in [4.78, 5) is 4.35. The summed E-state index contributed by atoms with van der Waals surface area (Å²) in [6, 6.07) is 0. The molecular formula is C8H12N2S3. The van der Waals surface area contributed by atoms with Gasteiger partial charge in [0.1, 0.15) is 10.8 Å². The third kappa shape index (κ3) is 2.14. The summed E-state index contributed by atoms with van der Waals surface area (Å²) < 4.78 is 0. The van der Waals surface area contributed by atoms with Crippen molar-refractivity contribution in [3.63, 3.8) is 0 Å². The molecule has 1 aromatic heterocycles. The number of anilines is 1. The number of thioether (sulfide) groups is 2. The third-order valence-corrected chi connectivity index (χ3v) is 6.17. The lowest BCUT2D eigenvalue weighted by molar-refractivity contribution is 0.897. The molecule has 72 valence electrons. The van der Waals surface area contributed by atoms with Crippen molar-refractivity contribution in [2.45, 2.75) is 17.4 Å². The maximum absolute atomic E-state index is 5.61. The van der Waals surface area contributed by atoms with Gasteiger partial charge in [0.25, 0.3) is 0 Å². The minimum Gasteiger partial charge on any atom is -0.383 e. The van der Waals surface area contributed by atoms with Crippen LogP contribution in [0, 0.1) is 0 Å². The first-order valence-corrected chi connectivity index (χ1v) is 7.19. The van der Waals surface area contributed by atoms with E-state index in [1.54, 1.807) is 11.3 Å². The Morgan fingerprint density at radius 1 is 1.46 bits per heavy atom. The van der Waals surface area contributed by atoms with Crippen LogP contribution in [-0.4, -0.2) is 21.7 Å². The highest BCUT2D eigenvalue weighted by Crippen LogP contribution is 2.43. The van der Waals surface area contributed by atoms with Crippen LogP contribution in [0.4, 0.5) is 5.82 Å². The Kier molecular flexibility index (Phi) is 3.06. The number of rotatable bonds is 1. The van der Waals surface area contributed by atoms with Gasteiger partial charge in [-0.2, -0.15) is 11.8 Å². The average molecular weight is 232 g/mol. The van der Waals surface area contributed by atoms with Crippen LogP contribution in [-0.2, 0) is 0 Å². The van der Waals surface area contributed by atoms with E-state index in [2.05, 4.69) is 11.9 Å². The van der Waals surface area contributed by atoms with Gasteiger partial charge in [0.05, 0.1) is 5.25 Å². The monoisotopic (exact) mass is 232 g/mol. The van der Waals surface area contributed by atoms with Crippen LogP contribution >= 0.6 is 34.9 Å². The van der Waals surface area contributed by atoms with E-state index in [1.165, 1.54) is 16.5 Å². The first kappa shape index (κ1) is 9.68. The molecule has 2 heterocycles. The Morgan fingerprint density at radius 2 is 2.23 bits per heavy atom. The third-order valence-electron chi connectivity index (χ3n) is 1.97. The lowest BCUT2D eigenvalue weighted by Crippen LogP contribution is -2.15. The summed E-state index contributed by atoms with van der Waals surface area (Å²) in [7, 11) is 0. The molecule has 0 saturated carbocycles. The summed E-state index contributed by atoms with van der Waals surface area (Å²) >= 11 is 5.73. The molecule has 0 aliphatic carbocycles. The van der Waals surface area contributed by atoms with Crippen LogP contribution in [0.15, 0.2) is 5.38 Å². The Balaban J connectivity index is 2.14. The number of hydrogen-bond donors (Lipinski definition) is 1. The molecule has 1 saturated heterocycles. The van der Waals surface area contributed by atoms with Gasteiger partial charge in [-0.3, -0.25) is 0 Å². The van der Waals surface area contributed by atoms with Crippen molar-refractivity contribution in [3.8, 4) is 0 Å². The molecule has 1 fully saturated rings. The minimum atomic E-state index is 0.557. The molecule has 2 nitrogen and oxygen atoms in total. The molecule has 0 aromatic carbocycles. The summed E-state index contributed by atoms with van der Waals surface area (Å²) in [5.74, 6) is 3.17. The standard InChI is InChI=1S/C8H12N2S3/c1-5-7(12-3-2-11-5)8-10-6(9)4-13-8/h4-5,7H,2-3,9H2,1H3. The van der Waals surface area contributed by atoms with Crippen molar-refractivity contribution < 1.29 is 0 Å². The van der Waals surface area contributed by atoms with E-state index in [9.17, 15) is 0 Å². The van der Waals surface area contributed by atoms with Gasteiger partial charge < -0.3 is 5.73 Å². The second-order valence-electron chi connectivity index (χ2n) is 2.98. The molecule has 2 N–H and O–H groups in total. The van der Waals surface area contributed by atoms with Gasteiger partial charge in [-0.25, -0.2) is 4.98 Å². The summed E-state index contributed by atoms with van der Waals surface area (Å²) in [5, 5.41) is 4.36. The van der Waals surface area contributed by atoms with E-state index < -0.39 is 0 Å². The molecule has 2 rings (SSSR count). The molecule has 0 spiro atoms. The Hall–Kier alpha value is 0.130. The minimum absolute atomic E-state index is 0.557. The van der Waals surface area contributed by atoms with Crippen LogP contribution in [0.25, 0.3) is 0 Å². The number of nitrogens with zero attached hydrogens (tertiary/aromatic N) is 1. The Morgan fingerprint density at radius 3 is 2.85 bits per heavy atom. The largest absolute Gasteiger partial charge is 0.383 e. The van der Waals surface area contributed by atoms with Crippen LogP contribution < -0.4 is 5.73 Å². The molecule has 5 heteroatoms. The molecule has 0 amide bonds. The maximum atomic E-state index is 5.61. The fourth-order valence-corrected chi connectivity index (χ4v) is 5.22. The Labute approximate surface area is 90.7 Å². The van der Waals surface area contributed by atoms with E-state index in [0.29, 0.717) is 16.3 Å². The van der Waals surface area contributed by atoms with Crippen molar-refractivity contribution >= 4 is 40.7 Å². The number of aromatic nitrogens is 1. The molecule has 1 aliphatic rings. The lowest BCUT2D eigenvalue weighted by atomic mass is 10.3. The van der Waals surface area contributed by atoms with Gasteiger partial charge in [0.2, 0.25) is 0 Å². The first-order valence-electron chi connectivity index (χ1n) is 4.21. The maximum Gasteiger partial charge on any atom is 0.134 e. The number of hydrogen-bond acceptors (Lipinski definition) is 5. The smallest absolute Gasteiger partial charge is 0.134 e. The van der Waals surface area contributed by atoms with Crippen LogP contribution in [0.1, 0.15) is 17.2 Å². The van der Waals surface area contributed by atoms with E-state index in [0.717, 1.165) is 0 Å². The lowest BCUT2D eigenvalue weighted by Gasteiger charge is -2.25. The molecule has 2 atom stereocenters. The van der Waals surface area contributed by atoms with Gasteiger partial charge in [0, 0.05) is 22.1 Å². The van der Waals surface area contributed by atoms with Gasteiger partial charge in [-0.1, -0.05) is 6.92 Å². The van der Waals surface area contributed by atoms with Crippen molar-refractivity contribution in [1.82, 2.24) is 4.98 Å². The first-order chi connectivity index (χ1) is 6.27. The van der Waals surface area contributed by atoms with Gasteiger partial charge >= 0.3 is 0 Å². The second-order valence-corrected chi connectivity index (χ2v) is 6.60. The highest BCUT2D eigenvalue weighted by molar-refractivity contribution is 8.06. The summed E-state index contributed by atoms with van der Waals surface area (Å²) in [6.07, 6.45) is 0. The SMILES string of the molecule is CC1SCCSC1c1nc(N)cs1. The van der Waals surface area contributed by atoms with Crippen LogP contribution in [0.5, 0.6) is 0 Å². The molecule has 2 unspecified atom stereocenters. The van der Waals surface area contributed by atoms with Crippen LogP contribution in [0.3, 0.4) is 0 Å². The average Bonchev–Trinajstić information content (AvgIpc) is 2.53. The summed E-state index contributed by atoms with van der Waals surface area (Å²) in [5.41, 5.74) is 5.61. The van der Waals surface area contributed by atoms with E-state index in [-0.39, 0.29) is 0 Å². The van der Waals surface area contributed by atoms with Gasteiger partial charge in [0.15, 0.2) is 0 Å². The molecule has 0 radical (unpaired) electrons. The zero-order valence-corrected chi connectivity index (χ0v) is 9.85. The van der Waals surface area contributed by atoms with Crippen molar-refractivity contribution in [2.24, 2.45) is 0 Å². The van der Waals surface area contributed by atoms with Gasteiger partial charge in [-0.05, 0) is 0 Å². The number of nitrogens with two attached hydrogens (primary N) is 1. The van der Waals surface area contributed by atoms with Crippen molar-refractivity contribution in [1.29, 1.82) is 0 Å². The predicted octanol–water partition coefficient (Wildman–Crippen LogP) is 2.63. The fourth-order valence-electron chi connectivity index (χ4n) is 1.34. The van der Waals surface area contributed by atoms with Crippen molar-refractivity contribution in [2.75, 3.05) is 17.2 Å². The fraction of sp³-hybridized carbons (Fsp3) is 0.625.